The van der Waals surface area contributed by atoms with Gasteiger partial charge in [0, 0.05) is 6.04 Å². The maximum atomic E-state index is 11.2. The van der Waals surface area contributed by atoms with Crippen molar-refractivity contribution in [1.29, 1.82) is 0 Å². The van der Waals surface area contributed by atoms with Crippen molar-refractivity contribution in [2.45, 2.75) is 18.9 Å². The molecule has 1 fully saturated rings. The predicted molar refractivity (Wildman–Crippen MR) is 67.3 cm³/mol. The van der Waals surface area contributed by atoms with Crippen LogP contribution >= 0.6 is 11.8 Å². The summed E-state index contributed by atoms with van der Waals surface area (Å²) in [5.74, 6) is 2.63. The molecule has 2 heterocycles. The maximum absolute atomic E-state index is 11.2. The van der Waals surface area contributed by atoms with E-state index in [4.69, 9.17) is 0 Å². The van der Waals surface area contributed by atoms with Crippen LogP contribution in [-0.4, -0.2) is 40.6 Å². The van der Waals surface area contributed by atoms with E-state index in [0.717, 1.165) is 18.7 Å². The lowest BCUT2D eigenvalue weighted by Crippen LogP contribution is -2.25. The number of anilines is 1. The van der Waals surface area contributed by atoms with Gasteiger partial charge < -0.3 is 10.1 Å². The summed E-state index contributed by atoms with van der Waals surface area (Å²) in [6, 6.07) is 0.467. The molecular formula is C11H15N3O2S. The van der Waals surface area contributed by atoms with E-state index in [1.807, 2.05) is 11.8 Å². The molecule has 17 heavy (non-hydrogen) atoms. The Morgan fingerprint density at radius 3 is 2.76 bits per heavy atom. The highest BCUT2D eigenvalue weighted by molar-refractivity contribution is 7.99. The standard InChI is InChI=1S/C11H15N3O2S/c1-16-11(15)9-6-13-10(7-12-9)14-8-2-4-17-5-3-8/h6-8H,2-5H2,1H3,(H,13,14). The Balaban J connectivity index is 1.95. The SMILES string of the molecule is COC(=O)c1cnc(NC2CCSCC2)cn1. The Bertz CT molecular complexity index is 377. The van der Waals surface area contributed by atoms with Crippen molar-refractivity contribution in [3.63, 3.8) is 0 Å². The summed E-state index contributed by atoms with van der Waals surface area (Å²) >= 11 is 1.98. The van der Waals surface area contributed by atoms with Crippen LogP contribution in [0.25, 0.3) is 0 Å². The molecule has 1 aromatic heterocycles. The van der Waals surface area contributed by atoms with Gasteiger partial charge in [0.2, 0.25) is 0 Å². The second-order valence-electron chi connectivity index (χ2n) is 3.81. The Morgan fingerprint density at radius 1 is 1.41 bits per heavy atom. The quantitative estimate of drug-likeness (QED) is 0.825. The van der Waals surface area contributed by atoms with Crippen molar-refractivity contribution >= 4 is 23.5 Å². The number of nitrogens with zero attached hydrogens (tertiary/aromatic N) is 2. The van der Waals surface area contributed by atoms with Gasteiger partial charge in [-0.3, -0.25) is 0 Å². The summed E-state index contributed by atoms with van der Waals surface area (Å²) in [5.41, 5.74) is 0.234. The van der Waals surface area contributed by atoms with Crippen molar-refractivity contribution in [3.8, 4) is 0 Å². The Hall–Kier alpha value is -1.30. The molecule has 0 aromatic carbocycles. The number of nitrogens with one attached hydrogen (secondary N) is 1. The summed E-state index contributed by atoms with van der Waals surface area (Å²) in [6.07, 6.45) is 5.30. The minimum atomic E-state index is -0.460. The molecule has 6 heteroatoms. The summed E-state index contributed by atoms with van der Waals surface area (Å²) in [5, 5.41) is 3.33. The molecular weight excluding hydrogens is 238 g/mol. The Morgan fingerprint density at radius 2 is 2.18 bits per heavy atom. The number of thioether (sulfide) groups is 1. The highest BCUT2D eigenvalue weighted by Crippen LogP contribution is 2.19. The number of hydrogen-bond acceptors (Lipinski definition) is 6. The van der Waals surface area contributed by atoms with Gasteiger partial charge in [0.25, 0.3) is 0 Å². The van der Waals surface area contributed by atoms with Crippen molar-refractivity contribution < 1.29 is 9.53 Å². The summed E-state index contributed by atoms with van der Waals surface area (Å²) in [4.78, 5) is 19.3. The minimum Gasteiger partial charge on any atom is -0.464 e. The van der Waals surface area contributed by atoms with Crippen molar-refractivity contribution in [2.75, 3.05) is 23.9 Å². The average molecular weight is 253 g/mol. The van der Waals surface area contributed by atoms with Gasteiger partial charge >= 0.3 is 5.97 Å². The van der Waals surface area contributed by atoms with Gasteiger partial charge in [-0.25, -0.2) is 14.8 Å². The van der Waals surface area contributed by atoms with Gasteiger partial charge in [-0.15, -0.1) is 0 Å². The summed E-state index contributed by atoms with van der Waals surface area (Å²) in [7, 11) is 1.33. The zero-order valence-corrected chi connectivity index (χ0v) is 10.5. The fourth-order valence-electron chi connectivity index (χ4n) is 1.66. The molecule has 0 bridgehead atoms. The molecule has 0 saturated carbocycles. The van der Waals surface area contributed by atoms with Crippen LogP contribution in [-0.2, 0) is 4.74 Å². The van der Waals surface area contributed by atoms with Crippen LogP contribution in [0.15, 0.2) is 12.4 Å². The molecule has 1 aromatic rings. The number of carbonyl (C=O) groups excluding carboxylic acids is 1. The smallest absolute Gasteiger partial charge is 0.358 e. The molecule has 5 nitrogen and oxygen atoms in total. The van der Waals surface area contributed by atoms with Crippen LogP contribution in [0.4, 0.5) is 5.82 Å². The molecule has 1 saturated heterocycles. The average Bonchev–Trinajstić information content (AvgIpc) is 2.40. The van der Waals surface area contributed by atoms with Crippen molar-refractivity contribution in [1.82, 2.24) is 9.97 Å². The third-order valence-electron chi connectivity index (χ3n) is 2.62. The number of rotatable bonds is 3. The van der Waals surface area contributed by atoms with E-state index in [9.17, 15) is 4.79 Å². The normalized spacial score (nSPS) is 16.5. The van der Waals surface area contributed by atoms with Gasteiger partial charge in [-0.1, -0.05) is 0 Å². The van der Waals surface area contributed by atoms with E-state index in [0.29, 0.717) is 6.04 Å². The van der Waals surface area contributed by atoms with E-state index in [1.165, 1.54) is 24.8 Å². The molecule has 1 N–H and O–H groups in total. The lowest BCUT2D eigenvalue weighted by atomic mass is 10.1. The molecule has 92 valence electrons. The number of aromatic nitrogens is 2. The van der Waals surface area contributed by atoms with E-state index in [1.54, 1.807) is 6.20 Å². The minimum absolute atomic E-state index is 0.234. The largest absolute Gasteiger partial charge is 0.464 e. The predicted octanol–water partition coefficient (Wildman–Crippen LogP) is 1.57. The molecule has 0 amide bonds. The van der Waals surface area contributed by atoms with E-state index in [-0.39, 0.29) is 5.69 Å². The third kappa shape index (κ3) is 3.33. The van der Waals surface area contributed by atoms with Gasteiger partial charge in [-0.05, 0) is 24.3 Å². The number of ether oxygens (including phenoxy) is 1. The lowest BCUT2D eigenvalue weighted by molar-refractivity contribution is 0.0593. The van der Waals surface area contributed by atoms with Crippen LogP contribution in [0.1, 0.15) is 23.3 Å². The number of methoxy groups -OCH3 is 1. The second-order valence-corrected chi connectivity index (χ2v) is 5.03. The molecule has 0 spiro atoms. The fourth-order valence-corrected chi connectivity index (χ4v) is 2.77. The molecule has 2 rings (SSSR count). The number of esters is 1. The first-order chi connectivity index (χ1) is 8.29. The number of carbonyl (C=O) groups is 1. The third-order valence-corrected chi connectivity index (χ3v) is 3.67. The zero-order valence-electron chi connectivity index (χ0n) is 9.68. The van der Waals surface area contributed by atoms with Crippen LogP contribution in [0.2, 0.25) is 0 Å². The molecule has 0 unspecified atom stereocenters. The molecule has 1 aliphatic rings. The maximum Gasteiger partial charge on any atom is 0.358 e. The van der Waals surface area contributed by atoms with Gasteiger partial charge in [0.05, 0.1) is 19.5 Å². The second kappa shape index (κ2) is 5.86. The highest BCUT2D eigenvalue weighted by Gasteiger charge is 2.14. The zero-order chi connectivity index (χ0) is 12.1. The van der Waals surface area contributed by atoms with E-state index in [2.05, 4.69) is 20.0 Å². The monoisotopic (exact) mass is 253 g/mol. The van der Waals surface area contributed by atoms with Gasteiger partial charge in [-0.2, -0.15) is 11.8 Å². The lowest BCUT2D eigenvalue weighted by Gasteiger charge is -2.22. The molecule has 0 radical (unpaired) electrons. The Labute approximate surface area is 104 Å². The van der Waals surface area contributed by atoms with Gasteiger partial charge in [0.15, 0.2) is 5.69 Å². The molecule has 1 aliphatic heterocycles. The number of hydrogen-bond donors (Lipinski definition) is 1. The van der Waals surface area contributed by atoms with Crippen LogP contribution in [0.3, 0.4) is 0 Å². The van der Waals surface area contributed by atoms with E-state index >= 15 is 0 Å². The Kier molecular flexibility index (Phi) is 4.19. The molecule has 0 aliphatic carbocycles. The first kappa shape index (κ1) is 12.2. The van der Waals surface area contributed by atoms with Crippen LogP contribution in [0.5, 0.6) is 0 Å². The first-order valence-electron chi connectivity index (χ1n) is 5.54. The topological polar surface area (TPSA) is 64.1 Å². The first-order valence-corrected chi connectivity index (χ1v) is 6.69. The molecule has 0 atom stereocenters. The van der Waals surface area contributed by atoms with Crippen LogP contribution < -0.4 is 5.32 Å². The van der Waals surface area contributed by atoms with Crippen molar-refractivity contribution in [2.24, 2.45) is 0 Å². The summed E-state index contributed by atoms with van der Waals surface area (Å²) in [6.45, 7) is 0. The van der Waals surface area contributed by atoms with Gasteiger partial charge in [0.1, 0.15) is 5.82 Å². The highest BCUT2D eigenvalue weighted by atomic mass is 32.2. The van der Waals surface area contributed by atoms with Crippen molar-refractivity contribution in [3.05, 3.63) is 18.1 Å². The van der Waals surface area contributed by atoms with Crippen LogP contribution in [0, 0.1) is 0 Å². The summed E-state index contributed by atoms with van der Waals surface area (Å²) < 4.78 is 4.56. The van der Waals surface area contributed by atoms with E-state index < -0.39 is 5.97 Å². The fraction of sp³-hybridized carbons (Fsp3) is 0.545.